The molecule has 1 aromatic heterocycles. The number of hydrogen-bond acceptors (Lipinski definition) is 3. The Hall–Kier alpha value is -1.55. The fourth-order valence-electron chi connectivity index (χ4n) is 2.21. The molecule has 98 valence electrons. The SMILES string of the molecule is Brc1ccc(NCCc2ccc3c(c2)CCO3)nc1. The number of nitrogens with zero attached hydrogens (tertiary/aromatic N) is 1. The zero-order chi connectivity index (χ0) is 13.1. The molecule has 19 heavy (non-hydrogen) atoms. The number of fused-ring (bicyclic) bond motifs is 1. The van der Waals surface area contributed by atoms with E-state index >= 15 is 0 Å². The summed E-state index contributed by atoms with van der Waals surface area (Å²) in [6, 6.07) is 10.4. The van der Waals surface area contributed by atoms with Crippen LogP contribution in [0.4, 0.5) is 5.82 Å². The molecule has 0 saturated carbocycles. The lowest BCUT2D eigenvalue weighted by molar-refractivity contribution is 0.357. The summed E-state index contributed by atoms with van der Waals surface area (Å²) in [5.74, 6) is 1.96. The lowest BCUT2D eigenvalue weighted by Gasteiger charge is -2.07. The third-order valence-corrected chi connectivity index (χ3v) is 3.67. The fraction of sp³-hybridized carbons (Fsp3) is 0.267. The van der Waals surface area contributed by atoms with Crippen molar-refractivity contribution in [3.63, 3.8) is 0 Å². The smallest absolute Gasteiger partial charge is 0.125 e. The Morgan fingerprint density at radius 2 is 2.21 bits per heavy atom. The van der Waals surface area contributed by atoms with Crippen LogP contribution in [-0.2, 0) is 12.8 Å². The van der Waals surface area contributed by atoms with Crippen molar-refractivity contribution in [1.82, 2.24) is 4.98 Å². The molecule has 0 fully saturated rings. The average Bonchev–Trinajstić information content (AvgIpc) is 2.88. The zero-order valence-electron chi connectivity index (χ0n) is 10.5. The second kappa shape index (κ2) is 5.61. The monoisotopic (exact) mass is 318 g/mol. The van der Waals surface area contributed by atoms with Gasteiger partial charge in [0, 0.05) is 23.6 Å². The molecule has 1 aliphatic heterocycles. The van der Waals surface area contributed by atoms with Crippen LogP contribution in [0.2, 0.25) is 0 Å². The Morgan fingerprint density at radius 3 is 3.05 bits per heavy atom. The van der Waals surface area contributed by atoms with Gasteiger partial charge in [0.25, 0.3) is 0 Å². The van der Waals surface area contributed by atoms with Gasteiger partial charge < -0.3 is 10.1 Å². The van der Waals surface area contributed by atoms with E-state index in [0.29, 0.717) is 0 Å². The van der Waals surface area contributed by atoms with E-state index in [2.05, 4.69) is 44.4 Å². The van der Waals surface area contributed by atoms with Gasteiger partial charge >= 0.3 is 0 Å². The van der Waals surface area contributed by atoms with Gasteiger partial charge in [0.05, 0.1) is 6.61 Å². The van der Waals surface area contributed by atoms with Gasteiger partial charge in [-0.1, -0.05) is 12.1 Å². The average molecular weight is 319 g/mol. The van der Waals surface area contributed by atoms with Crippen LogP contribution in [0.15, 0.2) is 41.0 Å². The lowest BCUT2D eigenvalue weighted by Crippen LogP contribution is -2.06. The molecule has 0 spiro atoms. The predicted molar refractivity (Wildman–Crippen MR) is 79.8 cm³/mol. The van der Waals surface area contributed by atoms with Gasteiger partial charge in [0.2, 0.25) is 0 Å². The number of aromatic nitrogens is 1. The minimum atomic E-state index is 0.819. The Kier molecular flexibility index (Phi) is 3.69. The molecule has 0 aliphatic carbocycles. The summed E-state index contributed by atoms with van der Waals surface area (Å²) in [6.45, 7) is 1.70. The van der Waals surface area contributed by atoms with Crippen LogP contribution >= 0.6 is 15.9 Å². The molecule has 0 unspecified atom stereocenters. The Labute approximate surface area is 121 Å². The summed E-state index contributed by atoms with van der Waals surface area (Å²) in [7, 11) is 0. The second-order valence-electron chi connectivity index (χ2n) is 4.58. The van der Waals surface area contributed by atoms with Crippen LogP contribution in [0, 0.1) is 0 Å². The normalized spacial score (nSPS) is 12.9. The number of hydrogen-bond donors (Lipinski definition) is 1. The predicted octanol–water partition coefficient (Wildman–Crippen LogP) is 3.43. The van der Waals surface area contributed by atoms with Gasteiger partial charge in [0.1, 0.15) is 11.6 Å². The fourth-order valence-corrected chi connectivity index (χ4v) is 2.45. The van der Waals surface area contributed by atoms with Crippen molar-refractivity contribution in [3.8, 4) is 5.75 Å². The first-order chi connectivity index (χ1) is 9.31. The minimum absolute atomic E-state index is 0.819. The van der Waals surface area contributed by atoms with Crippen molar-refractivity contribution in [2.24, 2.45) is 0 Å². The molecule has 2 heterocycles. The minimum Gasteiger partial charge on any atom is -0.493 e. The Morgan fingerprint density at radius 1 is 1.26 bits per heavy atom. The highest BCUT2D eigenvalue weighted by molar-refractivity contribution is 9.10. The molecule has 1 aromatic carbocycles. The first-order valence-corrected chi connectivity index (χ1v) is 7.20. The second-order valence-corrected chi connectivity index (χ2v) is 5.49. The number of ether oxygens (including phenoxy) is 1. The summed E-state index contributed by atoms with van der Waals surface area (Å²) in [4.78, 5) is 4.29. The molecule has 3 nitrogen and oxygen atoms in total. The van der Waals surface area contributed by atoms with Crippen LogP contribution in [0.5, 0.6) is 5.75 Å². The van der Waals surface area contributed by atoms with Crippen molar-refractivity contribution in [1.29, 1.82) is 0 Å². The molecule has 3 rings (SSSR count). The maximum absolute atomic E-state index is 5.51. The quantitative estimate of drug-likeness (QED) is 0.937. The highest BCUT2D eigenvalue weighted by atomic mass is 79.9. The standard InChI is InChI=1S/C15H15BrN2O/c16-13-2-4-15(18-10-13)17-7-5-11-1-3-14-12(9-11)6-8-19-14/h1-4,9-10H,5-8H2,(H,17,18). The van der Waals surface area contributed by atoms with Gasteiger partial charge in [0.15, 0.2) is 0 Å². The molecular formula is C15H15BrN2O. The van der Waals surface area contributed by atoms with Crippen molar-refractivity contribution in [2.45, 2.75) is 12.8 Å². The zero-order valence-corrected chi connectivity index (χ0v) is 12.1. The van der Waals surface area contributed by atoms with Crippen LogP contribution in [-0.4, -0.2) is 18.1 Å². The summed E-state index contributed by atoms with van der Waals surface area (Å²) in [5, 5.41) is 3.32. The van der Waals surface area contributed by atoms with Crippen LogP contribution in [0.1, 0.15) is 11.1 Å². The molecule has 0 saturated heterocycles. The van der Waals surface area contributed by atoms with Crippen molar-refractivity contribution < 1.29 is 4.74 Å². The summed E-state index contributed by atoms with van der Waals surface area (Å²) < 4.78 is 6.51. The van der Waals surface area contributed by atoms with Crippen LogP contribution in [0.3, 0.4) is 0 Å². The highest BCUT2D eigenvalue weighted by Crippen LogP contribution is 2.25. The largest absolute Gasteiger partial charge is 0.493 e. The van der Waals surface area contributed by atoms with Crippen LogP contribution in [0.25, 0.3) is 0 Å². The van der Waals surface area contributed by atoms with Crippen LogP contribution < -0.4 is 10.1 Å². The number of rotatable bonds is 4. The number of benzene rings is 1. The van der Waals surface area contributed by atoms with E-state index in [1.807, 2.05) is 12.1 Å². The number of anilines is 1. The summed E-state index contributed by atoms with van der Waals surface area (Å²) in [5.41, 5.74) is 2.67. The number of pyridine rings is 1. The van der Waals surface area contributed by atoms with E-state index in [0.717, 1.165) is 42.0 Å². The third kappa shape index (κ3) is 3.07. The van der Waals surface area contributed by atoms with Crippen molar-refractivity contribution in [2.75, 3.05) is 18.5 Å². The van der Waals surface area contributed by atoms with E-state index in [4.69, 9.17) is 4.74 Å². The van der Waals surface area contributed by atoms with E-state index < -0.39 is 0 Å². The molecule has 1 N–H and O–H groups in total. The number of nitrogens with one attached hydrogen (secondary N) is 1. The van der Waals surface area contributed by atoms with E-state index in [-0.39, 0.29) is 0 Å². The van der Waals surface area contributed by atoms with Crippen molar-refractivity contribution >= 4 is 21.7 Å². The number of halogens is 1. The van der Waals surface area contributed by atoms with Gasteiger partial charge in [-0.2, -0.15) is 0 Å². The van der Waals surface area contributed by atoms with Crippen molar-refractivity contribution in [3.05, 3.63) is 52.1 Å². The molecule has 0 bridgehead atoms. The maximum atomic E-state index is 5.51. The molecule has 2 aromatic rings. The van der Waals surface area contributed by atoms with E-state index in [9.17, 15) is 0 Å². The first kappa shape index (κ1) is 12.5. The molecule has 0 amide bonds. The Balaban J connectivity index is 1.56. The third-order valence-electron chi connectivity index (χ3n) is 3.20. The topological polar surface area (TPSA) is 34.1 Å². The maximum Gasteiger partial charge on any atom is 0.125 e. The highest BCUT2D eigenvalue weighted by Gasteiger charge is 2.11. The van der Waals surface area contributed by atoms with Gasteiger partial charge in [-0.25, -0.2) is 4.98 Å². The summed E-state index contributed by atoms with van der Waals surface area (Å²) >= 11 is 3.38. The van der Waals surface area contributed by atoms with Gasteiger partial charge in [-0.15, -0.1) is 0 Å². The van der Waals surface area contributed by atoms with Gasteiger partial charge in [-0.3, -0.25) is 0 Å². The lowest BCUT2D eigenvalue weighted by atomic mass is 10.1. The summed E-state index contributed by atoms with van der Waals surface area (Å²) in [6.07, 6.45) is 3.82. The first-order valence-electron chi connectivity index (χ1n) is 6.41. The molecule has 0 radical (unpaired) electrons. The van der Waals surface area contributed by atoms with E-state index in [1.54, 1.807) is 6.20 Å². The molecular weight excluding hydrogens is 304 g/mol. The van der Waals surface area contributed by atoms with E-state index in [1.165, 1.54) is 11.1 Å². The van der Waals surface area contributed by atoms with Gasteiger partial charge in [-0.05, 0) is 51.7 Å². The molecule has 1 aliphatic rings. The molecule has 0 atom stereocenters. The molecule has 4 heteroatoms. The Bertz CT molecular complexity index is 569.